The molecule has 0 radical (unpaired) electrons. The van der Waals surface area contributed by atoms with E-state index in [1.807, 2.05) is 6.07 Å². The van der Waals surface area contributed by atoms with E-state index in [2.05, 4.69) is 44.6 Å². The number of rotatable bonds is 7. The van der Waals surface area contributed by atoms with E-state index in [1.54, 1.807) is 12.1 Å². The molecular formula is C26H29FN4O2. The summed E-state index contributed by atoms with van der Waals surface area (Å²) in [5.74, 6) is 0.750. The molecule has 1 saturated carbocycles. The minimum absolute atomic E-state index is 0.0591. The maximum Gasteiger partial charge on any atom is 0.234 e. The van der Waals surface area contributed by atoms with Crippen molar-refractivity contribution >= 4 is 5.91 Å². The van der Waals surface area contributed by atoms with Crippen molar-refractivity contribution < 1.29 is 13.7 Å². The van der Waals surface area contributed by atoms with Crippen molar-refractivity contribution in [3.05, 3.63) is 71.9 Å². The molecule has 2 fully saturated rings. The molecule has 2 aliphatic rings. The molecule has 1 N–H and O–H groups in total. The number of hydrogen-bond donors (Lipinski definition) is 1. The minimum atomic E-state index is -0.329. The Kier molecular flexibility index (Phi) is 6.22. The van der Waals surface area contributed by atoms with E-state index in [9.17, 15) is 9.18 Å². The zero-order valence-corrected chi connectivity index (χ0v) is 18.7. The van der Waals surface area contributed by atoms with E-state index >= 15 is 0 Å². The highest BCUT2D eigenvalue weighted by atomic mass is 19.1. The van der Waals surface area contributed by atoms with Crippen LogP contribution in [-0.2, 0) is 10.2 Å². The number of likely N-dealkylation sites (tertiary alicyclic amines) is 1. The van der Waals surface area contributed by atoms with Gasteiger partial charge in [-0.05, 0) is 49.9 Å². The Morgan fingerprint density at radius 3 is 2.76 bits per heavy atom. The summed E-state index contributed by atoms with van der Waals surface area (Å²) in [4.78, 5) is 19.4. The van der Waals surface area contributed by atoms with E-state index in [1.165, 1.54) is 24.1 Å². The maximum atomic E-state index is 13.5. The molecule has 1 aliphatic heterocycles. The molecular weight excluding hydrogens is 419 g/mol. The summed E-state index contributed by atoms with van der Waals surface area (Å²) in [5.41, 5.74) is 2.00. The van der Waals surface area contributed by atoms with Crippen LogP contribution in [0.3, 0.4) is 0 Å². The van der Waals surface area contributed by atoms with E-state index < -0.39 is 0 Å². The number of aromatic nitrogens is 2. The number of carbonyl (C=O) groups is 1. The van der Waals surface area contributed by atoms with Crippen molar-refractivity contribution in [2.24, 2.45) is 0 Å². The topological polar surface area (TPSA) is 71.3 Å². The average Bonchev–Trinajstić information content (AvgIpc) is 3.30. The van der Waals surface area contributed by atoms with Crippen LogP contribution in [-0.4, -0.2) is 47.1 Å². The van der Waals surface area contributed by atoms with Gasteiger partial charge in [0.05, 0.1) is 12.5 Å². The molecule has 33 heavy (non-hydrogen) atoms. The highest BCUT2D eigenvalue weighted by Crippen LogP contribution is 2.43. The summed E-state index contributed by atoms with van der Waals surface area (Å²) in [5, 5.41) is 7.23. The van der Waals surface area contributed by atoms with Crippen LogP contribution < -0.4 is 5.32 Å². The Morgan fingerprint density at radius 2 is 2.00 bits per heavy atom. The lowest BCUT2D eigenvalue weighted by atomic mass is 9.64. The molecule has 2 heterocycles. The predicted molar refractivity (Wildman–Crippen MR) is 123 cm³/mol. The van der Waals surface area contributed by atoms with Crippen molar-refractivity contribution in [1.29, 1.82) is 0 Å². The third kappa shape index (κ3) is 4.83. The van der Waals surface area contributed by atoms with Crippen LogP contribution in [0.5, 0.6) is 0 Å². The Morgan fingerprint density at radius 1 is 1.15 bits per heavy atom. The first-order valence-electron chi connectivity index (χ1n) is 11.8. The number of carbonyl (C=O) groups excluding carboxylic acids is 1. The summed E-state index contributed by atoms with van der Waals surface area (Å²) in [6.07, 6.45) is 5.34. The Labute approximate surface area is 193 Å². The van der Waals surface area contributed by atoms with Crippen molar-refractivity contribution in [2.75, 3.05) is 26.2 Å². The monoisotopic (exact) mass is 448 g/mol. The highest BCUT2D eigenvalue weighted by Gasteiger charge is 2.38. The molecule has 5 rings (SSSR count). The Bertz CT molecular complexity index is 1100. The fourth-order valence-electron chi connectivity index (χ4n) is 5.04. The van der Waals surface area contributed by atoms with Crippen molar-refractivity contribution in [1.82, 2.24) is 20.4 Å². The van der Waals surface area contributed by atoms with Crippen LogP contribution in [0.15, 0.2) is 59.1 Å². The lowest BCUT2D eigenvalue weighted by molar-refractivity contribution is -0.123. The smallest absolute Gasteiger partial charge is 0.234 e. The van der Waals surface area contributed by atoms with Gasteiger partial charge in [0.2, 0.25) is 17.6 Å². The number of halogens is 1. The van der Waals surface area contributed by atoms with Crippen molar-refractivity contribution in [3.63, 3.8) is 0 Å². The molecule has 0 bridgehead atoms. The standard InChI is InChI=1S/C26H29FN4O2/c27-22-11-4-7-19(15-22)24-29-25(33-30-24)20-8-5-14-31(16-20)17-23(32)28-18-26(12-6-13-26)21-9-2-1-3-10-21/h1-4,7,9-11,15,20H,5-6,8,12-14,16-18H2,(H,28,32). The van der Waals surface area contributed by atoms with Crippen LogP contribution in [0, 0.1) is 5.82 Å². The summed E-state index contributed by atoms with van der Waals surface area (Å²) in [6, 6.07) is 16.7. The van der Waals surface area contributed by atoms with Gasteiger partial charge in [-0.15, -0.1) is 0 Å². The van der Waals surface area contributed by atoms with Crippen LogP contribution in [0.4, 0.5) is 4.39 Å². The zero-order chi connectivity index (χ0) is 22.7. The van der Waals surface area contributed by atoms with Crippen LogP contribution in [0.25, 0.3) is 11.4 Å². The lowest BCUT2D eigenvalue weighted by Gasteiger charge is -2.42. The molecule has 2 aromatic carbocycles. The summed E-state index contributed by atoms with van der Waals surface area (Å²) < 4.78 is 19.0. The molecule has 1 aliphatic carbocycles. The van der Waals surface area contributed by atoms with Gasteiger partial charge in [0.25, 0.3) is 0 Å². The third-order valence-corrected chi connectivity index (χ3v) is 7.07. The quantitative estimate of drug-likeness (QED) is 0.584. The molecule has 1 atom stereocenters. The number of benzene rings is 2. The van der Waals surface area contributed by atoms with Gasteiger partial charge in [0.1, 0.15) is 5.82 Å². The fraction of sp³-hybridized carbons (Fsp3) is 0.423. The maximum absolute atomic E-state index is 13.5. The van der Waals surface area contributed by atoms with Crippen LogP contribution in [0.1, 0.15) is 49.5 Å². The second-order valence-electron chi connectivity index (χ2n) is 9.32. The molecule has 6 nitrogen and oxygen atoms in total. The van der Waals surface area contributed by atoms with Crippen molar-refractivity contribution in [2.45, 2.75) is 43.4 Å². The highest BCUT2D eigenvalue weighted by molar-refractivity contribution is 5.78. The predicted octanol–water partition coefficient (Wildman–Crippen LogP) is 4.29. The molecule has 1 amide bonds. The fourth-order valence-corrected chi connectivity index (χ4v) is 5.04. The molecule has 3 aromatic rings. The normalized spacial score (nSPS) is 20.2. The largest absolute Gasteiger partial charge is 0.354 e. The average molecular weight is 449 g/mol. The third-order valence-electron chi connectivity index (χ3n) is 7.07. The Hall–Kier alpha value is -3.06. The first-order chi connectivity index (χ1) is 16.1. The van der Waals surface area contributed by atoms with E-state index in [-0.39, 0.29) is 23.1 Å². The van der Waals surface area contributed by atoms with Gasteiger partial charge in [0.15, 0.2) is 0 Å². The number of piperidine rings is 1. The van der Waals surface area contributed by atoms with Gasteiger partial charge in [-0.2, -0.15) is 4.98 Å². The first kappa shape index (κ1) is 21.8. The van der Waals surface area contributed by atoms with Crippen LogP contribution in [0.2, 0.25) is 0 Å². The summed E-state index contributed by atoms with van der Waals surface area (Å²) >= 11 is 0. The number of hydrogen-bond acceptors (Lipinski definition) is 5. The van der Waals surface area contributed by atoms with Gasteiger partial charge in [0, 0.05) is 24.1 Å². The molecule has 1 saturated heterocycles. The van der Waals surface area contributed by atoms with Gasteiger partial charge in [-0.3, -0.25) is 9.69 Å². The minimum Gasteiger partial charge on any atom is -0.354 e. The SMILES string of the molecule is O=C(CN1CCCC(c2nc(-c3cccc(F)c3)no2)C1)NCC1(c2ccccc2)CCC1. The lowest BCUT2D eigenvalue weighted by Crippen LogP contribution is -2.48. The molecule has 1 aromatic heterocycles. The van der Waals surface area contributed by atoms with E-state index in [0.717, 1.165) is 32.2 Å². The van der Waals surface area contributed by atoms with E-state index in [0.29, 0.717) is 36.9 Å². The van der Waals surface area contributed by atoms with Gasteiger partial charge >= 0.3 is 0 Å². The summed E-state index contributed by atoms with van der Waals surface area (Å²) in [6.45, 7) is 2.63. The molecule has 0 spiro atoms. The number of nitrogens with zero attached hydrogens (tertiary/aromatic N) is 3. The molecule has 172 valence electrons. The van der Waals surface area contributed by atoms with Crippen molar-refractivity contribution in [3.8, 4) is 11.4 Å². The number of nitrogens with one attached hydrogen (secondary N) is 1. The summed E-state index contributed by atoms with van der Waals surface area (Å²) in [7, 11) is 0. The number of amides is 1. The second-order valence-corrected chi connectivity index (χ2v) is 9.32. The molecule has 1 unspecified atom stereocenters. The van der Waals surface area contributed by atoms with Crippen LogP contribution >= 0.6 is 0 Å². The zero-order valence-electron chi connectivity index (χ0n) is 18.7. The van der Waals surface area contributed by atoms with Gasteiger partial charge in [-0.25, -0.2) is 4.39 Å². The van der Waals surface area contributed by atoms with E-state index in [4.69, 9.17) is 4.52 Å². The first-order valence-corrected chi connectivity index (χ1v) is 11.8. The van der Waals surface area contributed by atoms with Gasteiger partial charge < -0.3 is 9.84 Å². The second kappa shape index (κ2) is 9.43. The van der Waals surface area contributed by atoms with Gasteiger partial charge in [-0.1, -0.05) is 54.0 Å². The molecule has 7 heteroatoms. The Balaban J connectivity index is 1.17.